The molecule has 0 saturated carbocycles. The van der Waals surface area contributed by atoms with Gasteiger partial charge in [0.15, 0.2) is 0 Å². The van der Waals surface area contributed by atoms with Gasteiger partial charge in [0.2, 0.25) is 0 Å². The van der Waals surface area contributed by atoms with Crippen LogP contribution in [0.4, 0.5) is 0 Å². The molecule has 0 aliphatic carbocycles. The van der Waals surface area contributed by atoms with Crippen molar-refractivity contribution < 1.29 is 69.7 Å². The normalized spacial score (nSPS) is 3.38. The van der Waals surface area contributed by atoms with Gasteiger partial charge in [-0.25, -0.2) is 9.59 Å². The van der Waals surface area contributed by atoms with Gasteiger partial charge in [0, 0.05) is 17.1 Å². The van der Waals surface area contributed by atoms with Crippen molar-refractivity contribution in [3.8, 4) is 0 Å². The molecule has 0 atom stereocenters. The van der Waals surface area contributed by atoms with Crippen LogP contribution in [-0.4, -0.2) is 55.0 Å². The third kappa shape index (κ3) is 92.0. The second-order valence-corrected chi connectivity index (χ2v) is 0.610. The molecule has 0 heterocycles. The number of carboxylic acids is 2. The van der Waals surface area contributed by atoms with Crippen molar-refractivity contribution >= 4 is 11.9 Å². The van der Waals surface area contributed by atoms with E-state index in [1.54, 1.807) is 0 Å². The van der Waals surface area contributed by atoms with E-state index in [2.05, 4.69) is 0 Å². The largest absolute Gasteiger partial charge is 0.473 e. The van der Waals surface area contributed by atoms with E-state index in [1.165, 1.54) is 0 Å². The van der Waals surface area contributed by atoms with Gasteiger partial charge in [-0.2, -0.15) is 0 Å². The fourth-order valence-corrected chi connectivity index (χ4v) is 0. The summed E-state index contributed by atoms with van der Waals surface area (Å²) < 4.78 is 0. The molecule has 11 heteroatoms. The number of hydrogen-bond acceptors (Lipinski definition) is 2. The Morgan fingerprint density at radius 3 is 0.692 bits per heavy atom. The molecule has 0 aromatic carbocycles. The Labute approximate surface area is 82.5 Å². The van der Waals surface area contributed by atoms with Crippen LogP contribution in [0.1, 0.15) is 0 Å². The van der Waals surface area contributed by atoms with Crippen molar-refractivity contribution in [2.24, 2.45) is 0 Å². The summed E-state index contributed by atoms with van der Waals surface area (Å²) in [4.78, 5) is 18.2. The van der Waals surface area contributed by atoms with Crippen LogP contribution >= 0.6 is 0 Å². The first-order valence-corrected chi connectivity index (χ1v) is 1.11. The molecule has 13 heavy (non-hydrogen) atoms. The Morgan fingerprint density at radius 1 is 0.615 bits per heavy atom. The Kier molecular flexibility index (Phi) is 286. The van der Waals surface area contributed by atoms with Crippen LogP contribution in [-0.2, 0) is 26.7 Å². The molecule has 0 fully saturated rings. The summed E-state index contributed by atoms with van der Waals surface area (Å²) >= 11 is 0. The summed E-state index contributed by atoms with van der Waals surface area (Å²) in [6, 6.07) is 0. The molecule has 0 saturated heterocycles. The summed E-state index contributed by atoms with van der Waals surface area (Å²) in [6.07, 6.45) is 0. The number of hydrogen-bond donors (Lipinski definition) is 2. The molecule has 10 nitrogen and oxygen atoms in total. The number of rotatable bonds is 0. The summed E-state index contributed by atoms with van der Waals surface area (Å²) in [5, 5.41) is 14.8. The van der Waals surface area contributed by atoms with Gasteiger partial charge in [-0.15, -0.1) is 0 Å². The van der Waals surface area contributed by atoms with E-state index in [0.717, 1.165) is 0 Å². The zero-order valence-corrected chi connectivity index (χ0v) is 7.17. The second kappa shape index (κ2) is 43.0. The smallest absolute Gasteiger partial charge is 0.414 e. The van der Waals surface area contributed by atoms with Crippen LogP contribution in [0.5, 0.6) is 0 Å². The fourth-order valence-electron chi connectivity index (χ4n) is 0. The van der Waals surface area contributed by atoms with Gasteiger partial charge in [0.05, 0.1) is 0 Å². The van der Waals surface area contributed by atoms with Crippen molar-refractivity contribution in [1.29, 1.82) is 0 Å². The van der Waals surface area contributed by atoms with Crippen LogP contribution in [0.2, 0.25) is 0 Å². The first kappa shape index (κ1) is 86.4. The standard InChI is InChI=1S/C2H2O4.Fe.6H2O/c3-1(4)2(5)6;;;;;;;/h(H,3,4)(H,5,6);;6*1H2. The van der Waals surface area contributed by atoms with Crippen LogP contribution in [0, 0.1) is 0 Å². The molecule has 90 valence electrons. The minimum atomic E-state index is -1.82. The zero-order valence-electron chi connectivity index (χ0n) is 6.06. The SMILES string of the molecule is O.O.O.O.O.O.O=C(O)C(=O)O.[Fe]. The van der Waals surface area contributed by atoms with E-state index in [-0.39, 0.29) is 49.9 Å². The van der Waals surface area contributed by atoms with E-state index in [4.69, 9.17) is 19.8 Å². The van der Waals surface area contributed by atoms with Crippen molar-refractivity contribution in [1.82, 2.24) is 0 Å². The molecule has 0 aromatic rings. The molecule has 0 rings (SSSR count). The predicted octanol–water partition coefficient (Wildman–Crippen LogP) is -5.80. The van der Waals surface area contributed by atoms with Crippen LogP contribution in [0.25, 0.3) is 0 Å². The maximum atomic E-state index is 9.10. The average molecular weight is 254 g/mol. The fraction of sp³-hybridized carbons (Fsp3) is 0. The minimum Gasteiger partial charge on any atom is -0.473 e. The molecule has 0 aliphatic rings. The average Bonchev–Trinajstić information content (AvgIpc) is 1.36. The van der Waals surface area contributed by atoms with Gasteiger partial charge in [-0.1, -0.05) is 0 Å². The van der Waals surface area contributed by atoms with Gasteiger partial charge in [0.25, 0.3) is 0 Å². The van der Waals surface area contributed by atoms with Crippen LogP contribution in [0.3, 0.4) is 0 Å². The molecule has 0 amide bonds. The van der Waals surface area contributed by atoms with E-state index in [0.29, 0.717) is 0 Å². The molecule has 0 aliphatic heterocycles. The molecular weight excluding hydrogens is 240 g/mol. The predicted molar refractivity (Wildman–Crippen MR) is 37.0 cm³/mol. The summed E-state index contributed by atoms with van der Waals surface area (Å²) in [5.41, 5.74) is 0. The quantitative estimate of drug-likeness (QED) is 0.315. The van der Waals surface area contributed by atoms with Crippen molar-refractivity contribution in [2.75, 3.05) is 0 Å². The third-order valence-corrected chi connectivity index (χ3v) is 0.183. The van der Waals surface area contributed by atoms with Crippen molar-refractivity contribution in [3.63, 3.8) is 0 Å². The Balaban J connectivity index is -0.00000000595. The van der Waals surface area contributed by atoms with E-state index in [1.807, 2.05) is 0 Å². The molecule has 14 N–H and O–H groups in total. The van der Waals surface area contributed by atoms with E-state index in [9.17, 15) is 0 Å². The number of aliphatic carboxylic acids is 2. The summed E-state index contributed by atoms with van der Waals surface area (Å²) in [5.74, 6) is -3.65. The first-order chi connectivity index (χ1) is 2.64. The summed E-state index contributed by atoms with van der Waals surface area (Å²) in [6.45, 7) is 0. The van der Waals surface area contributed by atoms with Gasteiger partial charge < -0.3 is 43.1 Å². The zero-order chi connectivity index (χ0) is 5.15. The Hall–Kier alpha value is -0.781. The molecule has 0 radical (unpaired) electrons. The topological polar surface area (TPSA) is 264 Å². The molecule has 0 aromatic heterocycles. The van der Waals surface area contributed by atoms with Gasteiger partial charge in [-0.3, -0.25) is 0 Å². The monoisotopic (exact) mass is 254 g/mol. The van der Waals surface area contributed by atoms with E-state index < -0.39 is 11.9 Å². The second-order valence-electron chi connectivity index (χ2n) is 0.610. The first-order valence-electron chi connectivity index (χ1n) is 1.11. The Morgan fingerprint density at radius 2 is 0.692 bits per heavy atom. The molecule has 0 bridgehead atoms. The Bertz CT molecular complexity index is 78.9. The maximum Gasteiger partial charge on any atom is 0.414 e. The summed E-state index contributed by atoms with van der Waals surface area (Å²) in [7, 11) is 0. The van der Waals surface area contributed by atoms with Crippen molar-refractivity contribution in [2.45, 2.75) is 0 Å². The van der Waals surface area contributed by atoms with Crippen molar-refractivity contribution in [3.05, 3.63) is 0 Å². The van der Waals surface area contributed by atoms with Crippen LogP contribution < -0.4 is 0 Å². The van der Waals surface area contributed by atoms with Crippen LogP contribution in [0.15, 0.2) is 0 Å². The van der Waals surface area contributed by atoms with Gasteiger partial charge in [-0.05, 0) is 0 Å². The third-order valence-electron chi connectivity index (χ3n) is 0.183. The van der Waals surface area contributed by atoms with Gasteiger partial charge >= 0.3 is 11.9 Å². The van der Waals surface area contributed by atoms with Gasteiger partial charge in [0.1, 0.15) is 0 Å². The number of carbonyl (C=O) groups is 2. The maximum absolute atomic E-state index is 9.10. The molecule has 0 unspecified atom stereocenters. The number of carboxylic acid groups (broad SMARTS) is 2. The minimum absolute atomic E-state index is 0. The molecule has 0 spiro atoms. The molecular formula is C2H14FeO10. The van der Waals surface area contributed by atoms with E-state index >= 15 is 0 Å².